The van der Waals surface area contributed by atoms with E-state index in [1.54, 1.807) is 55.9 Å². The highest BCUT2D eigenvalue weighted by molar-refractivity contribution is 7.07. The molecule has 1 atom stereocenters. The molecule has 4 aromatic rings. The molecule has 1 aliphatic heterocycles. The molecule has 0 unspecified atom stereocenters. The fourth-order valence-electron chi connectivity index (χ4n) is 4.49. The van der Waals surface area contributed by atoms with Gasteiger partial charge >= 0.3 is 5.97 Å². The SMILES string of the molecule is CCOC(=O)C1=C(C)N=c2s/c(=C\c3cccc(OCc4ccc(F)cc4)c3)c(=O)n2[C@@H]1c1ccc(OC)cc1. The van der Waals surface area contributed by atoms with Gasteiger partial charge in [0.1, 0.15) is 23.9 Å². The monoisotopic (exact) mass is 558 g/mol. The van der Waals surface area contributed by atoms with E-state index in [9.17, 15) is 14.0 Å². The predicted molar refractivity (Wildman–Crippen MR) is 151 cm³/mol. The molecule has 1 aliphatic rings. The van der Waals surface area contributed by atoms with Crippen LogP contribution in [0, 0.1) is 5.82 Å². The second-order valence-corrected chi connectivity index (χ2v) is 10.1. The Hall–Kier alpha value is -4.50. The van der Waals surface area contributed by atoms with E-state index in [4.69, 9.17) is 14.2 Å². The van der Waals surface area contributed by atoms with Crippen LogP contribution in [-0.4, -0.2) is 24.3 Å². The van der Waals surface area contributed by atoms with Crippen molar-refractivity contribution in [1.82, 2.24) is 4.57 Å². The molecule has 0 aliphatic carbocycles. The van der Waals surface area contributed by atoms with Crippen LogP contribution in [0.5, 0.6) is 11.5 Å². The lowest BCUT2D eigenvalue weighted by Crippen LogP contribution is -2.39. The van der Waals surface area contributed by atoms with Gasteiger partial charge in [0.2, 0.25) is 0 Å². The van der Waals surface area contributed by atoms with E-state index in [2.05, 4.69) is 4.99 Å². The summed E-state index contributed by atoms with van der Waals surface area (Å²) in [6.45, 7) is 3.98. The first-order valence-corrected chi connectivity index (χ1v) is 13.5. The number of thiazole rings is 1. The Kier molecular flexibility index (Phi) is 7.93. The Balaban J connectivity index is 1.53. The molecule has 0 saturated heterocycles. The molecule has 0 radical (unpaired) electrons. The van der Waals surface area contributed by atoms with Crippen LogP contribution in [0.15, 0.2) is 93.9 Å². The molecule has 9 heteroatoms. The van der Waals surface area contributed by atoms with Crippen molar-refractivity contribution in [3.05, 3.63) is 126 Å². The van der Waals surface area contributed by atoms with Crippen molar-refractivity contribution in [2.24, 2.45) is 4.99 Å². The zero-order valence-corrected chi connectivity index (χ0v) is 23.0. The Morgan fingerprint density at radius 3 is 2.52 bits per heavy atom. The fourth-order valence-corrected chi connectivity index (χ4v) is 5.53. The van der Waals surface area contributed by atoms with E-state index in [0.717, 1.165) is 16.7 Å². The number of rotatable bonds is 8. The first kappa shape index (κ1) is 27.1. The molecule has 1 aromatic heterocycles. The number of allylic oxidation sites excluding steroid dienone is 1. The summed E-state index contributed by atoms with van der Waals surface area (Å²) >= 11 is 1.25. The van der Waals surface area contributed by atoms with Crippen molar-refractivity contribution in [3.8, 4) is 11.5 Å². The number of hydrogen-bond acceptors (Lipinski definition) is 7. The third-order valence-electron chi connectivity index (χ3n) is 6.42. The smallest absolute Gasteiger partial charge is 0.338 e. The second kappa shape index (κ2) is 11.7. The molecule has 3 aromatic carbocycles. The highest BCUT2D eigenvalue weighted by Crippen LogP contribution is 2.31. The van der Waals surface area contributed by atoms with Crippen LogP contribution in [0.3, 0.4) is 0 Å². The van der Waals surface area contributed by atoms with Gasteiger partial charge in [0.05, 0.1) is 35.6 Å². The van der Waals surface area contributed by atoms with Crippen LogP contribution < -0.4 is 24.4 Å². The van der Waals surface area contributed by atoms with Crippen LogP contribution in [0.4, 0.5) is 4.39 Å². The van der Waals surface area contributed by atoms with E-state index < -0.39 is 12.0 Å². The zero-order valence-electron chi connectivity index (χ0n) is 22.2. The summed E-state index contributed by atoms with van der Waals surface area (Å²) in [5.74, 6) is 0.467. The topological polar surface area (TPSA) is 79.1 Å². The van der Waals surface area contributed by atoms with Gasteiger partial charge in [0.15, 0.2) is 4.80 Å². The summed E-state index contributed by atoms with van der Waals surface area (Å²) in [7, 11) is 1.58. The summed E-state index contributed by atoms with van der Waals surface area (Å²) in [5, 5.41) is 0. The summed E-state index contributed by atoms with van der Waals surface area (Å²) in [5.41, 5.74) is 2.90. The number of halogens is 1. The number of nitrogens with zero attached hydrogens (tertiary/aromatic N) is 2. The molecule has 2 heterocycles. The average molecular weight is 559 g/mol. The first-order chi connectivity index (χ1) is 19.4. The summed E-state index contributed by atoms with van der Waals surface area (Å²) in [6.07, 6.45) is 1.78. The van der Waals surface area contributed by atoms with Crippen molar-refractivity contribution in [1.29, 1.82) is 0 Å². The highest BCUT2D eigenvalue weighted by Gasteiger charge is 2.33. The summed E-state index contributed by atoms with van der Waals surface area (Å²) in [6, 6.07) is 20.0. The second-order valence-electron chi connectivity index (χ2n) is 9.06. The maximum absolute atomic E-state index is 13.8. The van der Waals surface area contributed by atoms with E-state index in [-0.39, 0.29) is 24.6 Å². The molecule has 0 bridgehead atoms. The lowest BCUT2D eigenvalue weighted by molar-refractivity contribution is -0.139. The maximum atomic E-state index is 13.8. The molecule has 40 heavy (non-hydrogen) atoms. The zero-order chi connectivity index (χ0) is 28.2. The van der Waals surface area contributed by atoms with E-state index in [1.165, 1.54) is 23.5 Å². The minimum Gasteiger partial charge on any atom is -0.497 e. The largest absolute Gasteiger partial charge is 0.497 e. The Labute approximate surface area is 234 Å². The maximum Gasteiger partial charge on any atom is 0.338 e. The quantitative estimate of drug-likeness (QED) is 0.297. The van der Waals surface area contributed by atoms with Crippen molar-refractivity contribution >= 4 is 23.4 Å². The van der Waals surface area contributed by atoms with E-state index in [1.807, 2.05) is 36.4 Å². The van der Waals surface area contributed by atoms with Crippen molar-refractivity contribution in [2.75, 3.05) is 13.7 Å². The number of benzene rings is 3. The summed E-state index contributed by atoms with van der Waals surface area (Å²) in [4.78, 5) is 31.9. The van der Waals surface area contributed by atoms with Gasteiger partial charge in [-0.25, -0.2) is 14.2 Å². The van der Waals surface area contributed by atoms with Gasteiger partial charge in [-0.2, -0.15) is 0 Å². The molecule has 0 spiro atoms. The average Bonchev–Trinajstić information content (AvgIpc) is 3.26. The van der Waals surface area contributed by atoms with Crippen molar-refractivity contribution < 1.29 is 23.4 Å². The molecular formula is C31H27FN2O5S. The molecule has 0 amide bonds. The number of esters is 1. The van der Waals surface area contributed by atoms with E-state index >= 15 is 0 Å². The van der Waals surface area contributed by atoms with Crippen LogP contribution in [0.1, 0.15) is 36.6 Å². The van der Waals surface area contributed by atoms with E-state index in [0.29, 0.717) is 32.1 Å². The van der Waals surface area contributed by atoms with Crippen LogP contribution in [0.2, 0.25) is 0 Å². The number of carbonyl (C=O) groups excluding carboxylic acids is 1. The van der Waals surface area contributed by atoms with Gasteiger partial charge < -0.3 is 14.2 Å². The molecule has 0 fully saturated rings. The Morgan fingerprint density at radius 2 is 1.82 bits per heavy atom. The Bertz CT molecular complexity index is 1760. The van der Waals surface area contributed by atoms with Crippen molar-refractivity contribution in [3.63, 3.8) is 0 Å². The molecule has 204 valence electrons. The van der Waals surface area contributed by atoms with Gasteiger partial charge in [0, 0.05) is 0 Å². The van der Waals surface area contributed by atoms with Crippen LogP contribution in [-0.2, 0) is 16.1 Å². The minimum absolute atomic E-state index is 0.203. The molecular weight excluding hydrogens is 531 g/mol. The third-order valence-corrected chi connectivity index (χ3v) is 7.41. The Morgan fingerprint density at radius 1 is 1.07 bits per heavy atom. The predicted octanol–water partition coefficient (Wildman–Crippen LogP) is 4.53. The minimum atomic E-state index is -0.700. The van der Waals surface area contributed by atoms with Gasteiger partial charge in [-0.1, -0.05) is 47.7 Å². The number of ether oxygens (including phenoxy) is 3. The molecule has 0 N–H and O–H groups in total. The van der Waals surface area contributed by atoms with Gasteiger partial charge in [-0.15, -0.1) is 0 Å². The van der Waals surface area contributed by atoms with Crippen LogP contribution >= 0.6 is 11.3 Å². The number of methoxy groups -OCH3 is 1. The fraction of sp³-hybridized carbons (Fsp3) is 0.194. The van der Waals surface area contributed by atoms with Crippen LogP contribution in [0.25, 0.3) is 6.08 Å². The number of aromatic nitrogens is 1. The highest BCUT2D eigenvalue weighted by atomic mass is 32.1. The number of fused-ring (bicyclic) bond motifs is 1. The van der Waals surface area contributed by atoms with Crippen molar-refractivity contribution in [2.45, 2.75) is 26.5 Å². The van der Waals surface area contributed by atoms with Gasteiger partial charge in [-0.05, 0) is 73.0 Å². The number of hydrogen-bond donors (Lipinski definition) is 0. The third kappa shape index (κ3) is 5.60. The number of carbonyl (C=O) groups is 1. The summed E-state index contributed by atoms with van der Waals surface area (Å²) < 4.78 is 31.7. The standard InChI is InChI=1S/C31H27FN2O5S/c1-4-38-30(36)27-19(2)33-31-34(28(27)22-10-14-24(37-3)15-11-22)29(35)26(40-31)17-21-6-5-7-25(16-21)39-18-20-8-12-23(32)13-9-20/h5-17,28H,4,18H2,1-3H3/b26-17-/t28-/m1/s1. The van der Waals surface area contributed by atoms with Gasteiger partial charge in [-0.3, -0.25) is 9.36 Å². The lowest BCUT2D eigenvalue weighted by Gasteiger charge is -2.24. The van der Waals surface area contributed by atoms with Gasteiger partial charge in [0.25, 0.3) is 5.56 Å². The molecule has 0 saturated carbocycles. The normalized spacial score (nSPS) is 14.9. The molecule has 5 rings (SSSR count). The molecule has 7 nitrogen and oxygen atoms in total. The lowest BCUT2D eigenvalue weighted by atomic mass is 9.96. The first-order valence-electron chi connectivity index (χ1n) is 12.7.